The van der Waals surface area contributed by atoms with E-state index in [0.717, 1.165) is 11.4 Å². The first-order chi connectivity index (χ1) is 11.3. The standard InChI is InChI=1S/C17H15N5O/c23-16(22-14-6-2-1-3-7-14)13-10-19-17(20-11-13)21-12-15-8-4-5-9-18-15/h1-11H,12H2,(H,22,23)(H,19,20,21). The summed E-state index contributed by atoms with van der Waals surface area (Å²) in [6.07, 6.45) is 4.72. The average Bonchev–Trinajstić information content (AvgIpc) is 2.62. The van der Waals surface area contributed by atoms with Crippen LogP contribution >= 0.6 is 0 Å². The molecule has 23 heavy (non-hydrogen) atoms. The number of para-hydroxylation sites is 1. The predicted molar refractivity (Wildman–Crippen MR) is 88.0 cm³/mol. The van der Waals surface area contributed by atoms with Gasteiger partial charge in [0.2, 0.25) is 5.95 Å². The van der Waals surface area contributed by atoms with Gasteiger partial charge in [0.05, 0.1) is 17.8 Å². The zero-order chi connectivity index (χ0) is 15.9. The molecule has 0 aliphatic heterocycles. The van der Waals surface area contributed by atoms with E-state index < -0.39 is 0 Å². The van der Waals surface area contributed by atoms with Crippen LogP contribution in [0.25, 0.3) is 0 Å². The summed E-state index contributed by atoms with van der Waals surface area (Å²) in [5.74, 6) is 0.208. The molecule has 3 aromatic rings. The zero-order valence-corrected chi connectivity index (χ0v) is 12.3. The second-order valence-corrected chi connectivity index (χ2v) is 4.79. The van der Waals surface area contributed by atoms with Crippen molar-refractivity contribution in [2.75, 3.05) is 10.6 Å². The molecule has 1 aromatic carbocycles. The van der Waals surface area contributed by atoms with E-state index in [1.54, 1.807) is 6.20 Å². The third-order valence-corrected chi connectivity index (χ3v) is 3.10. The number of anilines is 2. The van der Waals surface area contributed by atoms with Crippen molar-refractivity contribution in [1.29, 1.82) is 0 Å². The van der Waals surface area contributed by atoms with Crippen LogP contribution in [0.4, 0.5) is 11.6 Å². The molecular weight excluding hydrogens is 290 g/mol. The molecule has 6 nitrogen and oxygen atoms in total. The Kier molecular flexibility index (Phi) is 4.54. The number of carbonyl (C=O) groups is 1. The summed E-state index contributed by atoms with van der Waals surface area (Å²) in [7, 11) is 0. The van der Waals surface area contributed by atoms with Crippen molar-refractivity contribution >= 4 is 17.5 Å². The largest absolute Gasteiger partial charge is 0.349 e. The van der Waals surface area contributed by atoms with Crippen molar-refractivity contribution in [2.24, 2.45) is 0 Å². The van der Waals surface area contributed by atoms with Gasteiger partial charge >= 0.3 is 0 Å². The van der Waals surface area contributed by atoms with Gasteiger partial charge in [-0.1, -0.05) is 24.3 Å². The SMILES string of the molecule is O=C(Nc1ccccc1)c1cnc(NCc2ccccn2)nc1. The lowest BCUT2D eigenvalue weighted by atomic mass is 10.3. The molecule has 0 saturated heterocycles. The maximum absolute atomic E-state index is 12.1. The van der Waals surface area contributed by atoms with Gasteiger partial charge in [-0.2, -0.15) is 0 Å². The van der Waals surface area contributed by atoms with E-state index in [1.807, 2.05) is 48.5 Å². The number of amides is 1. The Labute approximate surface area is 133 Å². The second kappa shape index (κ2) is 7.13. The van der Waals surface area contributed by atoms with Gasteiger partial charge in [-0.05, 0) is 24.3 Å². The van der Waals surface area contributed by atoms with E-state index in [1.165, 1.54) is 12.4 Å². The summed E-state index contributed by atoms with van der Waals surface area (Å²) >= 11 is 0. The van der Waals surface area contributed by atoms with Crippen LogP contribution in [-0.2, 0) is 6.54 Å². The van der Waals surface area contributed by atoms with Crippen molar-refractivity contribution in [3.63, 3.8) is 0 Å². The van der Waals surface area contributed by atoms with Crippen molar-refractivity contribution in [2.45, 2.75) is 6.54 Å². The van der Waals surface area contributed by atoms with Crippen molar-refractivity contribution < 1.29 is 4.79 Å². The van der Waals surface area contributed by atoms with Gasteiger partial charge in [0.1, 0.15) is 0 Å². The van der Waals surface area contributed by atoms with E-state index in [9.17, 15) is 4.79 Å². The van der Waals surface area contributed by atoms with E-state index in [4.69, 9.17) is 0 Å². The molecule has 0 atom stereocenters. The number of nitrogens with zero attached hydrogens (tertiary/aromatic N) is 3. The van der Waals surface area contributed by atoms with Crippen LogP contribution in [0.5, 0.6) is 0 Å². The lowest BCUT2D eigenvalue weighted by Crippen LogP contribution is -2.13. The van der Waals surface area contributed by atoms with Crippen molar-refractivity contribution in [3.05, 3.63) is 78.4 Å². The van der Waals surface area contributed by atoms with Crippen LogP contribution in [0.2, 0.25) is 0 Å². The molecule has 0 fully saturated rings. The number of hydrogen-bond acceptors (Lipinski definition) is 5. The molecule has 0 saturated carbocycles. The minimum absolute atomic E-state index is 0.243. The number of carbonyl (C=O) groups excluding carboxylic acids is 1. The molecule has 2 N–H and O–H groups in total. The minimum Gasteiger partial charge on any atom is -0.349 e. The Morgan fingerprint density at radius 3 is 2.35 bits per heavy atom. The van der Waals surface area contributed by atoms with Gasteiger partial charge < -0.3 is 10.6 Å². The summed E-state index contributed by atoms with van der Waals surface area (Å²) in [5.41, 5.74) is 2.02. The highest BCUT2D eigenvalue weighted by Gasteiger charge is 2.07. The normalized spacial score (nSPS) is 10.1. The topological polar surface area (TPSA) is 79.8 Å². The summed E-state index contributed by atoms with van der Waals surface area (Å²) in [4.78, 5) is 24.6. The summed E-state index contributed by atoms with van der Waals surface area (Å²) in [6, 6.07) is 14.9. The molecule has 3 rings (SSSR count). The number of aromatic nitrogens is 3. The molecule has 2 aromatic heterocycles. The van der Waals surface area contributed by atoms with Gasteiger partial charge in [0.15, 0.2) is 0 Å². The maximum atomic E-state index is 12.1. The van der Waals surface area contributed by atoms with Crippen LogP contribution < -0.4 is 10.6 Å². The third-order valence-electron chi connectivity index (χ3n) is 3.10. The highest BCUT2D eigenvalue weighted by Crippen LogP contribution is 2.08. The Hall–Kier alpha value is -3.28. The van der Waals surface area contributed by atoms with E-state index in [2.05, 4.69) is 25.6 Å². The summed E-state index contributed by atoms with van der Waals surface area (Å²) in [5, 5.41) is 5.85. The minimum atomic E-state index is -0.243. The molecule has 0 aliphatic carbocycles. The Balaban J connectivity index is 1.59. The fourth-order valence-corrected chi connectivity index (χ4v) is 1.93. The highest BCUT2D eigenvalue weighted by molar-refractivity contribution is 6.03. The van der Waals surface area contributed by atoms with Crippen LogP contribution in [0.15, 0.2) is 67.1 Å². The first-order valence-electron chi connectivity index (χ1n) is 7.13. The smallest absolute Gasteiger partial charge is 0.258 e. The number of rotatable bonds is 5. The Bertz CT molecular complexity index is 760. The maximum Gasteiger partial charge on any atom is 0.258 e. The predicted octanol–water partition coefficient (Wildman–Crippen LogP) is 2.74. The fourth-order valence-electron chi connectivity index (χ4n) is 1.93. The lowest BCUT2D eigenvalue weighted by Gasteiger charge is -2.06. The fraction of sp³-hybridized carbons (Fsp3) is 0.0588. The first kappa shape index (κ1) is 14.6. The van der Waals surface area contributed by atoms with E-state index in [0.29, 0.717) is 18.1 Å². The number of benzene rings is 1. The monoisotopic (exact) mass is 305 g/mol. The quantitative estimate of drug-likeness (QED) is 0.757. The molecular formula is C17H15N5O. The molecule has 114 valence electrons. The molecule has 0 aliphatic rings. The van der Waals surface area contributed by atoms with Gasteiger partial charge in [-0.15, -0.1) is 0 Å². The van der Waals surface area contributed by atoms with Crippen molar-refractivity contribution in [1.82, 2.24) is 15.0 Å². The lowest BCUT2D eigenvalue weighted by molar-refractivity contribution is 0.102. The number of nitrogens with one attached hydrogen (secondary N) is 2. The summed E-state index contributed by atoms with van der Waals surface area (Å²) in [6.45, 7) is 0.524. The van der Waals surface area contributed by atoms with Gasteiger partial charge in [0, 0.05) is 24.3 Å². The summed E-state index contributed by atoms with van der Waals surface area (Å²) < 4.78 is 0. The van der Waals surface area contributed by atoms with Crippen molar-refractivity contribution in [3.8, 4) is 0 Å². The molecule has 0 unspecified atom stereocenters. The van der Waals surface area contributed by atoms with Crippen LogP contribution in [-0.4, -0.2) is 20.9 Å². The first-order valence-corrected chi connectivity index (χ1v) is 7.13. The molecule has 0 radical (unpaired) electrons. The van der Waals surface area contributed by atoms with Gasteiger partial charge in [0.25, 0.3) is 5.91 Å². The Morgan fingerprint density at radius 2 is 1.65 bits per heavy atom. The second-order valence-electron chi connectivity index (χ2n) is 4.79. The molecule has 6 heteroatoms. The third kappa shape index (κ3) is 4.10. The van der Waals surface area contributed by atoms with Crippen LogP contribution in [0.3, 0.4) is 0 Å². The number of pyridine rings is 1. The van der Waals surface area contributed by atoms with E-state index in [-0.39, 0.29) is 5.91 Å². The highest BCUT2D eigenvalue weighted by atomic mass is 16.1. The average molecular weight is 305 g/mol. The molecule has 1 amide bonds. The van der Waals surface area contributed by atoms with Gasteiger partial charge in [-0.3, -0.25) is 9.78 Å². The Morgan fingerprint density at radius 1 is 0.913 bits per heavy atom. The number of hydrogen-bond donors (Lipinski definition) is 2. The zero-order valence-electron chi connectivity index (χ0n) is 12.3. The van der Waals surface area contributed by atoms with Gasteiger partial charge in [-0.25, -0.2) is 9.97 Å². The van der Waals surface area contributed by atoms with Crippen LogP contribution in [0, 0.1) is 0 Å². The molecule has 0 bridgehead atoms. The molecule has 0 spiro atoms. The van der Waals surface area contributed by atoms with E-state index >= 15 is 0 Å². The van der Waals surface area contributed by atoms with Crippen LogP contribution in [0.1, 0.15) is 16.1 Å². The molecule has 2 heterocycles.